The molecule has 2 rings (SSSR count). The van der Waals surface area contributed by atoms with Crippen LogP contribution in [0, 0.1) is 11.8 Å². The van der Waals surface area contributed by atoms with Crippen LogP contribution in [0.4, 0.5) is 0 Å². The van der Waals surface area contributed by atoms with Crippen molar-refractivity contribution in [3.8, 4) is 5.75 Å². The predicted octanol–water partition coefficient (Wildman–Crippen LogP) is 2.53. The summed E-state index contributed by atoms with van der Waals surface area (Å²) in [5.74, 6) is 1.91. The summed E-state index contributed by atoms with van der Waals surface area (Å²) in [5, 5.41) is 10.5. The van der Waals surface area contributed by atoms with E-state index in [1.807, 2.05) is 31.2 Å². The maximum atomic E-state index is 10.5. The molecular formula is C16H25NO2. The van der Waals surface area contributed by atoms with E-state index in [0.29, 0.717) is 25.0 Å². The lowest BCUT2D eigenvalue weighted by molar-refractivity contribution is 0.0801. The minimum Gasteiger partial charge on any atom is -0.494 e. The Morgan fingerprint density at radius 2 is 1.95 bits per heavy atom. The van der Waals surface area contributed by atoms with Crippen LogP contribution in [0.3, 0.4) is 0 Å². The first-order valence-electron chi connectivity index (χ1n) is 7.28. The number of nitrogens with two attached hydrogens (primary N) is 1. The van der Waals surface area contributed by atoms with Crippen molar-refractivity contribution < 1.29 is 9.84 Å². The summed E-state index contributed by atoms with van der Waals surface area (Å²) >= 11 is 0. The molecule has 0 radical (unpaired) electrons. The molecule has 106 valence electrons. The molecule has 3 heteroatoms. The van der Waals surface area contributed by atoms with E-state index >= 15 is 0 Å². The Bertz CT molecular complexity index is 386. The van der Waals surface area contributed by atoms with Gasteiger partial charge in [0.05, 0.1) is 12.7 Å². The Kier molecular flexibility index (Phi) is 4.83. The first kappa shape index (κ1) is 14.4. The van der Waals surface area contributed by atoms with Crippen molar-refractivity contribution >= 4 is 0 Å². The van der Waals surface area contributed by atoms with Crippen LogP contribution < -0.4 is 10.5 Å². The number of benzene rings is 1. The SMILES string of the molecule is CCOc1ccc(C(CN)C(O)C(C)C2CC2)cc1. The maximum absolute atomic E-state index is 10.5. The summed E-state index contributed by atoms with van der Waals surface area (Å²) in [4.78, 5) is 0. The topological polar surface area (TPSA) is 55.5 Å². The number of rotatable bonds is 7. The number of aliphatic hydroxyl groups excluding tert-OH is 1. The molecule has 0 aliphatic heterocycles. The third kappa shape index (κ3) is 3.48. The van der Waals surface area contributed by atoms with Crippen molar-refractivity contribution in [1.29, 1.82) is 0 Å². The lowest BCUT2D eigenvalue weighted by Gasteiger charge is -2.27. The fraction of sp³-hybridized carbons (Fsp3) is 0.625. The van der Waals surface area contributed by atoms with Gasteiger partial charge in [-0.2, -0.15) is 0 Å². The second-order valence-electron chi connectivity index (χ2n) is 5.53. The van der Waals surface area contributed by atoms with Crippen LogP contribution in [0.1, 0.15) is 38.2 Å². The van der Waals surface area contributed by atoms with Gasteiger partial charge in [0.15, 0.2) is 0 Å². The molecule has 3 atom stereocenters. The van der Waals surface area contributed by atoms with Gasteiger partial charge in [-0.25, -0.2) is 0 Å². The summed E-state index contributed by atoms with van der Waals surface area (Å²) in [6.45, 7) is 5.25. The zero-order valence-electron chi connectivity index (χ0n) is 11.9. The van der Waals surface area contributed by atoms with Gasteiger partial charge in [-0.3, -0.25) is 0 Å². The third-order valence-electron chi connectivity index (χ3n) is 4.19. The van der Waals surface area contributed by atoms with Gasteiger partial charge in [0, 0.05) is 12.5 Å². The molecule has 3 nitrogen and oxygen atoms in total. The molecule has 0 aromatic heterocycles. The van der Waals surface area contributed by atoms with Crippen molar-refractivity contribution in [2.24, 2.45) is 17.6 Å². The van der Waals surface area contributed by atoms with Crippen molar-refractivity contribution in [3.63, 3.8) is 0 Å². The van der Waals surface area contributed by atoms with Crippen LogP contribution >= 0.6 is 0 Å². The summed E-state index contributed by atoms with van der Waals surface area (Å²) < 4.78 is 5.44. The molecule has 3 N–H and O–H groups in total. The van der Waals surface area contributed by atoms with Gasteiger partial charge in [0.25, 0.3) is 0 Å². The van der Waals surface area contributed by atoms with Crippen LogP contribution in [0.2, 0.25) is 0 Å². The van der Waals surface area contributed by atoms with E-state index in [9.17, 15) is 5.11 Å². The second kappa shape index (κ2) is 6.40. The monoisotopic (exact) mass is 263 g/mol. The molecule has 0 spiro atoms. The van der Waals surface area contributed by atoms with E-state index in [1.54, 1.807) is 0 Å². The minimum atomic E-state index is -0.351. The van der Waals surface area contributed by atoms with Crippen LogP contribution in [-0.2, 0) is 0 Å². The quantitative estimate of drug-likeness (QED) is 0.795. The first-order chi connectivity index (χ1) is 9.17. The Balaban J connectivity index is 2.07. The summed E-state index contributed by atoms with van der Waals surface area (Å²) in [6.07, 6.45) is 2.15. The van der Waals surface area contributed by atoms with Crippen LogP contribution in [0.25, 0.3) is 0 Å². The Morgan fingerprint density at radius 3 is 2.42 bits per heavy atom. The van der Waals surface area contributed by atoms with Gasteiger partial charge in [0.2, 0.25) is 0 Å². The van der Waals surface area contributed by atoms with Crippen molar-refractivity contribution in [2.75, 3.05) is 13.2 Å². The van der Waals surface area contributed by atoms with E-state index in [2.05, 4.69) is 6.92 Å². The number of ether oxygens (including phenoxy) is 1. The normalized spacial score (nSPS) is 19.8. The summed E-state index contributed by atoms with van der Waals surface area (Å²) in [5.41, 5.74) is 6.97. The fourth-order valence-corrected chi connectivity index (χ4v) is 2.72. The molecule has 0 saturated heterocycles. The van der Waals surface area contributed by atoms with Crippen molar-refractivity contribution in [2.45, 2.75) is 38.7 Å². The summed E-state index contributed by atoms with van der Waals surface area (Å²) in [7, 11) is 0. The molecule has 1 fully saturated rings. The standard InChI is InChI=1S/C16H25NO2/c1-3-19-14-8-6-13(7-9-14)15(10-17)16(18)11(2)12-4-5-12/h6-9,11-12,15-16,18H,3-5,10,17H2,1-2H3. The van der Waals surface area contributed by atoms with Gasteiger partial charge < -0.3 is 15.6 Å². The predicted molar refractivity (Wildman–Crippen MR) is 77.3 cm³/mol. The molecule has 1 aliphatic rings. The molecule has 0 bridgehead atoms. The first-order valence-corrected chi connectivity index (χ1v) is 7.28. The van der Waals surface area contributed by atoms with Crippen molar-refractivity contribution in [1.82, 2.24) is 0 Å². The van der Waals surface area contributed by atoms with E-state index in [0.717, 1.165) is 11.3 Å². The highest BCUT2D eigenvalue weighted by Crippen LogP contribution is 2.41. The van der Waals surface area contributed by atoms with E-state index in [4.69, 9.17) is 10.5 Å². The number of aliphatic hydroxyl groups is 1. The number of hydrogen-bond acceptors (Lipinski definition) is 3. The van der Waals surface area contributed by atoms with Gasteiger partial charge in [0.1, 0.15) is 5.75 Å². The van der Waals surface area contributed by atoms with Crippen LogP contribution in [0.15, 0.2) is 24.3 Å². The van der Waals surface area contributed by atoms with E-state index in [-0.39, 0.29) is 12.0 Å². The molecule has 3 unspecified atom stereocenters. The lowest BCUT2D eigenvalue weighted by atomic mass is 9.84. The smallest absolute Gasteiger partial charge is 0.119 e. The highest BCUT2D eigenvalue weighted by atomic mass is 16.5. The molecule has 1 aromatic carbocycles. The van der Waals surface area contributed by atoms with Gasteiger partial charge in [-0.05, 0) is 49.3 Å². The fourth-order valence-electron chi connectivity index (χ4n) is 2.72. The molecule has 19 heavy (non-hydrogen) atoms. The largest absolute Gasteiger partial charge is 0.494 e. The average Bonchev–Trinajstić information content (AvgIpc) is 3.25. The Hall–Kier alpha value is -1.06. The van der Waals surface area contributed by atoms with Crippen LogP contribution in [0.5, 0.6) is 5.75 Å². The molecular weight excluding hydrogens is 238 g/mol. The summed E-state index contributed by atoms with van der Waals surface area (Å²) in [6, 6.07) is 7.95. The Labute approximate surface area is 115 Å². The molecule has 0 amide bonds. The maximum Gasteiger partial charge on any atom is 0.119 e. The zero-order chi connectivity index (χ0) is 13.8. The lowest BCUT2D eigenvalue weighted by Crippen LogP contribution is -2.32. The Morgan fingerprint density at radius 1 is 1.32 bits per heavy atom. The molecule has 1 saturated carbocycles. The highest BCUT2D eigenvalue weighted by molar-refractivity contribution is 5.30. The molecule has 1 aromatic rings. The minimum absolute atomic E-state index is 0.0197. The highest BCUT2D eigenvalue weighted by Gasteiger charge is 2.36. The molecule has 0 heterocycles. The van der Waals surface area contributed by atoms with Gasteiger partial charge in [-0.15, -0.1) is 0 Å². The second-order valence-corrected chi connectivity index (χ2v) is 5.53. The van der Waals surface area contributed by atoms with E-state index in [1.165, 1.54) is 12.8 Å². The molecule has 1 aliphatic carbocycles. The van der Waals surface area contributed by atoms with Crippen molar-refractivity contribution in [3.05, 3.63) is 29.8 Å². The number of hydrogen-bond donors (Lipinski definition) is 2. The van der Waals surface area contributed by atoms with Gasteiger partial charge >= 0.3 is 0 Å². The van der Waals surface area contributed by atoms with Gasteiger partial charge in [-0.1, -0.05) is 19.1 Å². The average molecular weight is 263 g/mol. The van der Waals surface area contributed by atoms with Crippen LogP contribution in [-0.4, -0.2) is 24.4 Å². The third-order valence-corrected chi connectivity index (χ3v) is 4.19. The zero-order valence-corrected chi connectivity index (χ0v) is 11.9. The van der Waals surface area contributed by atoms with E-state index < -0.39 is 0 Å².